The summed E-state index contributed by atoms with van der Waals surface area (Å²) in [6.07, 6.45) is 2.57. The quantitative estimate of drug-likeness (QED) is 0.851. The summed E-state index contributed by atoms with van der Waals surface area (Å²) in [5, 5.41) is 3.20. The van der Waals surface area contributed by atoms with Crippen LogP contribution in [0.25, 0.3) is 0 Å². The maximum Gasteiger partial charge on any atom is 0.220 e. The Bertz CT molecular complexity index is 425. The molecule has 0 saturated carbocycles. The zero-order chi connectivity index (χ0) is 12.5. The highest BCUT2D eigenvalue weighted by molar-refractivity contribution is 5.79. The van der Waals surface area contributed by atoms with Gasteiger partial charge in [-0.1, -0.05) is 43.7 Å². The lowest BCUT2D eigenvalue weighted by Gasteiger charge is -2.33. The van der Waals surface area contributed by atoms with Crippen LogP contribution >= 0.6 is 0 Å². The van der Waals surface area contributed by atoms with Gasteiger partial charge >= 0.3 is 0 Å². The lowest BCUT2D eigenvalue weighted by atomic mass is 9.79. The monoisotopic (exact) mass is 231 g/mol. The van der Waals surface area contributed by atoms with E-state index >= 15 is 0 Å². The van der Waals surface area contributed by atoms with E-state index in [0.29, 0.717) is 12.3 Å². The first-order valence-electron chi connectivity index (χ1n) is 6.38. The second kappa shape index (κ2) is 4.52. The molecule has 1 heterocycles. The Labute approximate surface area is 103 Å². The van der Waals surface area contributed by atoms with Gasteiger partial charge in [-0.15, -0.1) is 0 Å². The first kappa shape index (κ1) is 12.2. The van der Waals surface area contributed by atoms with E-state index in [1.165, 1.54) is 11.1 Å². The Hall–Kier alpha value is -1.31. The highest BCUT2D eigenvalue weighted by atomic mass is 16.2. The van der Waals surface area contributed by atoms with Crippen molar-refractivity contribution in [3.8, 4) is 0 Å². The van der Waals surface area contributed by atoms with Gasteiger partial charge < -0.3 is 5.32 Å². The SMILES string of the molecule is Cc1cccc(CC2(C(C)C)CCC(=O)N2)c1. The van der Waals surface area contributed by atoms with Crippen LogP contribution in [-0.2, 0) is 11.2 Å². The summed E-state index contributed by atoms with van der Waals surface area (Å²) in [7, 11) is 0. The molecule has 1 aliphatic rings. The molecule has 1 atom stereocenters. The van der Waals surface area contributed by atoms with E-state index in [0.717, 1.165) is 12.8 Å². The summed E-state index contributed by atoms with van der Waals surface area (Å²) in [6, 6.07) is 8.57. The van der Waals surface area contributed by atoms with E-state index in [1.54, 1.807) is 0 Å². The smallest absolute Gasteiger partial charge is 0.220 e. The molecule has 2 nitrogen and oxygen atoms in total. The minimum atomic E-state index is -0.0368. The average molecular weight is 231 g/mol. The molecule has 17 heavy (non-hydrogen) atoms. The molecule has 1 saturated heterocycles. The van der Waals surface area contributed by atoms with Crippen LogP contribution in [0.3, 0.4) is 0 Å². The molecule has 1 aromatic carbocycles. The van der Waals surface area contributed by atoms with E-state index in [9.17, 15) is 4.79 Å². The van der Waals surface area contributed by atoms with Crippen molar-refractivity contribution in [1.82, 2.24) is 5.32 Å². The molecular weight excluding hydrogens is 210 g/mol. The van der Waals surface area contributed by atoms with Crippen molar-refractivity contribution in [3.63, 3.8) is 0 Å². The van der Waals surface area contributed by atoms with E-state index in [1.807, 2.05) is 0 Å². The molecule has 1 amide bonds. The van der Waals surface area contributed by atoms with Gasteiger partial charge in [0.05, 0.1) is 0 Å². The first-order chi connectivity index (χ1) is 8.02. The van der Waals surface area contributed by atoms with Crippen molar-refractivity contribution < 1.29 is 4.79 Å². The molecule has 2 rings (SSSR count). The van der Waals surface area contributed by atoms with Crippen LogP contribution in [0.5, 0.6) is 0 Å². The highest BCUT2D eigenvalue weighted by Crippen LogP contribution is 2.31. The largest absolute Gasteiger partial charge is 0.350 e. The number of nitrogens with one attached hydrogen (secondary N) is 1. The van der Waals surface area contributed by atoms with Gasteiger partial charge in [-0.05, 0) is 31.2 Å². The topological polar surface area (TPSA) is 29.1 Å². The van der Waals surface area contributed by atoms with Gasteiger partial charge in [0, 0.05) is 12.0 Å². The molecule has 0 aliphatic carbocycles. The minimum Gasteiger partial charge on any atom is -0.350 e. The van der Waals surface area contributed by atoms with E-state index < -0.39 is 0 Å². The Morgan fingerprint density at radius 1 is 1.41 bits per heavy atom. The summed E-state index contributed by atoms with van der Waals surface area (Å²) >= 11 is 0. The Morgan fingerprint density at radius 3 is 2.71 bits per heavy atom. The van der Waals surface area contributed by atoms with Gasteiger partial charge in [0.2, 0.25) is 5.91 Å². The van der Waals surface area contributed by atoms with Crippen molar-refractivity contribution >= 4 is 5.91 Å². The molecule has 1 N–H and O–H groups in total. The standard InChI is InChI=1S/C15H21NO/c1-11(2)15(8-7-14(17)16-15)10-13-6-4-5-12(3)9-13/h4-6,9,11H,7-8,10H2,1-3H3,(H,16,17). The van der Waals surface area contributed by atoms with Crippen LogP contribution < -0.4 is 5.32 Å². The lowest BCUT2D eigenvalue weighted by molar-refractivity contribution is -0.120. The molecule has 1 aromatic rings. The molecule has 1 unspecified atom stereocenters. The Morgan fingerprint density at radius 2 is 2.18 bits per heavy atom. The number of aryl methyl sites for hydroxylation is 1. The van der Waals surface area contributed by atoms with Crippen molar-refractivity contribution in [2.45, 2.75) is 45.6 Å². The summed E-state index contributed by atoms with van der Waals surface area (Å²) in [5.41, 5.74) is 2.57. The predicted molar refractivity (Wildman–Crippen MR) is 69.8 cm³/mol. The molecule has 92 valence electrons. The summed E-state index contributed by atoms with van der Waals surface area (Å²) in [4.78, 5) is 11.5. The number of benzene rings is 1. The molecule has 1 aliphatic heterocycles. The molecule has 0 spiro atoms. The molecule has 1 fully saturated rings. The van der Waals surface area contributed by atoms with Crippen molar-refractivity contribution in [1.29, 1.82) is 0 Å². The van der Waals surface area contributed by atoms with E-state index in [4.69, 9.17) is 0 Å². The van der Waals surface area contributed by atoms with Crippen LogP contribution in [0.4, 0.5) is 0 Å². The van der Waals surface area contributed by atoms with Crippen LogP contribution in [0.1, 0.15) is 37.8 Å². The molecule has 0 radical (unpaired) electrons. The maximum absolute atomic E-state index is 11.5. The number of carbonyl (C=O) groups excluding carboxylic acids is 1. The Balaban J connectivity index is 2.22. The fourth-order valence-corrected chi connectivity index (χ4v) is 2.70. The fraction of sp³-hybridized carbons (Fsp3) is 0.533. The van der Waals surface area contributed by atoms with Gasteiger partial charge in [-0.2, -0.15) is 0 Å². The van der Waals surface area contributed by atoms with Gasteiger partial charge in [-0.3, -0.25) is 4.79 Å². The third kappa shape index (κ3) is 2.51. The van der Waals surface area contributed by atoms with Crippen molar-refractivity contribution in [2.24, 2.45) is 5.92 Å². The minimum absolute atomic E-state index is 0.0368. The lowest BCUT2D eigenvalue weighted by Crippen LogP contribution is -2.48. The third-order valence-corrected chi connectivity index (χ3v) is 3.89. The van der Waals surface area contributed by atoms with Crippen LogP contribution in [0, 0.1) is 12.8 Å². The number of hydrogen-bond acceptors (Lipinski definition) is 1. The average Bonchev–Trinajstić information content (AvgIpc) is 2.61. The number of hydrogen-bond donors (Lipinski definition) is 1. The molecule has 2 heteroatoms. The van der Waals surface area contributed by atoms with Crippen molar-refractivity contribution in [3.05, 3.63) is 35.4 Å². The Kier molecular flexibility index (Phi) is 3.23. The van der Waals surface area contributed by atoms with Crippen LogP contribution in [0.2, 0.25) is 0 Å². The maximum atomic E-state index is 11.5. The van der Waals surface area contributed by atoms with E-state index in [-0.39, 0.29) is 11.4 Å². The highest BCUT2D eigenvalue weighted by Gasteiger charge is 2.40. The second-order valence-electron chi connectivity index (χ2n) is 5.52. The van der Waals surface area contributed by atoms with Gasteiger partial charge in [0.25, 0.3) is 0 Å². The third-order valence-electron chi connectivity index (χ3n) is 3.89. The van der Waals surface area contributed by atoms with Crippen molar-refractivity contribution in [2.75, 3.05) is 0 Å². The second-order valence-corrected chi connectivity index (χ2v) is 5.52. The predicted octanol–water partition coefficient (Wildman–Crippen LogP) is 2.84. The summed E-state index contributed by atoms with van der Waals surface area (Å²) in [5.74, 6) is 0.667. The molecule has 0 aromatic heterocycles. The number of amides is 1. The number of rotatable bonds is 3. The number of carbonyl (C=O) groups is 1. The molecular formula is C15H21NO. The zero-order valence-corrected chi connectivity index (χ0v) is 10.9. The normalized spacial score (nSPS) is 24.1. The summed E-state index contributed by atoms with van der Waals surface area (Å²) in [6.45, 7) is 6.50. The first-order valence-corrected chi connectivity index (χ1v) is 6.38. The zero-order valence-electron chi connectivity index (χ0n) is 10.9. The summed E-state index contributed by atoms with van der Waals surface area (Å²) < 4.78 is 0. The van der Waals surface area contributed by atoms with Crippen LogP contribution in [0.15, 0.2) is 24.3 Å². The van der Waals surface area contributed by atoms with Gasteiger partial charge in [-0.25, -0.2) is 0 Å². The van der Waals surface area contributed by atoms with E-state index in [2.05, 4.69) is 50.4 Å². The van der Waals surface area contributed by atoms with Gasteiger partial charge in [0.1, 0.15) is 0 Å². The molecule has 0 bridgehead atoms. The van der Waals surface area contributed by atoms with Crippen LogP contribution in [-0.4, -0.2) is 11.4 Å². The van der Waals surface area contributed by atoms with Gasteiger partial charge in [0.15, 0.2) is 0 Å². The fourth-order valence-electron chi connectivity index (χ4n) is 2.70.